The van der Waals surface area contributed by atoms with Gasteiger partial charge in [-0.15, -0.1) is 5.10 Å². The maximum atomic E-state index is 12.7. The van der Waals surface area contributed by atoms with Crippen LogP contribution in [0.15, 0.2) is 18.2 Å². The number of carbonyl (C=O) groups excluding carboxylic acids is 1. The summed E-state index contributed by atoms with van der Waals surface area (Å²) in [6.45, 7) is 6.04. The zero-order valence-corrected chi connectivity index (χ0v) is 19.4. The molecule has 2 heterocycles. The number of carbonyl (C=O) groups is 2. The highest BCUT2D eigenvalue weighted by atomic mass is 16.4. The molecule has 8 heteroatoms. The summed E-state index contributed by atoms with van der Waals surface area (Å²) in [7, 11) is 0. The summed E-state index contributed by atoms with van der Waals surface area (Å²) in [5.41, 5.74) is 3.92. The number of aliphatic hydroxyl groups excluding tert-OH is 1. The van der Waals surface area contributed by atoms with Gasteiger partial charge in [-0.2, -0.15) is 0 Å². The minimum atomic E-state index is -0.986. The molecule has 0 saturated heterocycles. The van der Waals surface area contributed by atoms with Gasteiger partial charge < -0.3 is 15.1 Å². The van der Waals surface area contributed by atoms with Crippen molar-refractivity contribution in [3.05, 3.63) is 40.7 Å². The standard InChI is InChI=1S/C25H32N4O4/c1-4-21-13(2)24(18-11-15(25(32)33)5-9-22(18)28(21)14(3)31)29-23-10-7-17-16(19(17)12-30)6-8-20(23)26-27-29/h5,9,11,13,16-17,19,21,24,30H,4,6-8,10,12H2,1-3H3,(H,32,33)/t13?,16?,17?,19?,21?,24-/m0/s1. The molecule has 0 bridgehead atoms. The molecule has 1 aromatic heterocycles. The molecule has 1 saturated carbocycles. The predicted octanol–water partition coefficient (Wildman–Crippen LogP) is 3.08. The van der Waals surface area contributed by atoms with Gasteiger partial charge >= 0.3 is 5.97 Å². The molecule has 1 amide bonds. The lowest BCUT2D eigenvalue weighted by atomic mass is 9.80. The van der Waals surface area contributed by atoms with Crippen molar-refractivity contribution in [2.45, 2.75) is 65.0 Å². The highest BCUT2D eigenvalue weighted by molar-refractivity contribution is 5.95. The van der Waals surface area contributed by atoms with Crippen LogP contribution in [0, 0.1) is 23.7 Å². The van der Waals surface area contributed by atoms with E-state index < -0.39 is 5.97 Å². The number of aromatic nitrogens is 3. The average molecular weight is 453 g/mol. The van der Waals surface area contributed by atoms with E-state index in [0.29, 0.717) is 17.8 Å². The normalized spacial score (nSPS) is 30.5. The second kappa shape index (κ2) is 8.24. The number of aryl methyl sites for hydroxylation is 1. The first-order valence-electron chi connectivity index (χ1n) is 12.1. The van der Waals surface area contributed by atoms with Gasteiger partial charge in [0, 0.05) is 36.7 Å². The van der Waals surface area contributed by atoms with E-state index in [1.165, 1.54) is 0 Å². The Balaban J connectivity index is 1.61. The molecular formula is C25H32N4O4. The molecule has 3 aliphatic rings. The second-order valence-corrected chi connectivity index (χ2v) is 9.93. The van der Waals surface area contributed by atoms with Gasteiger partial charge in [-0.1, -0.05) is 19.1 Å². The van der Waals surface area contributed by atoms with Crippen LogP contribution in [0.1, 0.15) is 73.4 Å². The molecule has 2 aliphatic carbocycles. The second-order valence-electron chi connectivity index (χ2n) is 9.93. The number of hydrogen-bond acceptors (Lipinski definition) is 5. The molecule has 1 aromatic carbocycles. The van der Waals surface area contributed by atoms with Gasteiger partial charge in [0.25, 0.3) is 0 Å². The molecule has 0 radical (unpaired) electrons. The Hall–Kier alpha value is -2.74. The van der Waals surface area contributed by atoms with E-state index in [2.05, 4.69) is 24.2 Å². The molecule has 1 fully saturated rings. The van der Waals surface area contributed by atoms with E-state index in [1.54, 1.807) is 25.1 Å². The van der Waals surface area contributed by atoms with Crippen molar-refractivity contribution >= 4 is 17.6 Å². The quantitative estimate of drug-likeness (QED) is 0.738. The number of anilines is 1. The summed E-state index contributed by atoms with van der Waals surface area (Å²) in [6, 6.07) is 4.83. The topological polar surface area (TPSA) is 109 Å². The summed E-state index contributed by atoms with van der Waals surface area (Å²) in [6.07, 6.45) is 4.53. The van der Waals surface area contributed by atoms with Gasteiger partial charge in [0.15, 0.2) is 0 Å². The van der Waals surface area contributed by atoms with Crippen molar-refractivity contribution in [1.82, 2.24) is 15.0 Å². The molecule has 176 valence electrons. The van der Waals surface area contributed by atoms with E-state index in [9.17, 15) is 19.8 Å². The Morgan fingerprint density at radius 2 is 1.91 bits per heavy atom. The summed E-state index contributed by atoms with van der Waals surface area (Å²) in [5, 5.41) is 28.5. The lowest BCUT2D eigenvalue weighted by molar-refractivity contribution is -0.117. The number of aromatic carboxylic acids is 1. The third kappa shape index (κ3) is 3.46. The molecule has 5 rings (SSSR count). The van der Waals surface area contributed by atoms with Crippen molar-refractivity contribution < 1.29 is 19.8 Å². The lowest BCUT2D eigenvalue weighted by Gasteiger charge is -2.45. The Labute approximate surface area is 193 Å². The van der Waals surface area contributed by atoms with Crippen LogP contribution < -0.4 is 4.90 Å². The van der Waals surface area contributed by atoms with Gasteiger partial charge in [0.1, 0.15) is 0 Å². The van der Waals surface area contributed by atoms with Crippen LogP contribution >= 0.6 is 0 Å². The summed E-state index contributed by atoms with van der Waals surface area (Å²) >= 11 is 0. The number of rotatable bonds is 4. The molecule has 6 atom stereocenters. The van der Waals surface area contributed by atoms with Crippen molar-refractivity contribution in [3.63, 3.8) is 0 Å². The Morgan fingerprint density at radius 1 is 1.18 bits per heavy atom. The number of aliphatic hydroxyl groups is 1. The van der Waals surface area contributed by atoms with Crippen LogP contribution in [0.5, 0.6) is 0 Å². The first-order valence-corrected chi connectivity index (χ1v) is 12.1. The van der Waals surface area contributed by atoms with Crippen LogP contribution in [0.3, 0.4) is 0 Å². The van der Waals surface area contributed by atoms with Crippen molar-refractivity contribution in [3.8, 4) is 0 Å². The van der Waals surface area contributed by atoms with Crippen LogP contribution in [-0.2, 0) is 17.6 Å². The summed E-state index contributed by atoms with van der Waals surface area (Å²) in [4.78, 5) is 26.3. The number of fused-ring (bicyclic) bond motifs is 3. The average Bonchev–Trinajstić information content (AvgIpc) is 3.30. The lowest BCUT2D eigenvalue weighted by Crippen LogP contribution is -2.50. The first kappa shape index (κ1) is 22.1. The zero-order chi connectivity index (χ0) is 23.4. The fraction of sp³-hybridized carbons (Fsp3) is 0.600. The summed E-state index contributed by atoms with van der Waals surface area (Å²) < 4.78 is 2.02. The van der Waals surface area contributed by atoms with E-state index >= 15 is 0 Å². The van der Waals surface area contributed by atoms with Gasteiger partial charge in [0.2, 0.25) is 5.91 Å². The van der Waals surface area contributed by atoms with Crippen LogP contribution in [-0.4, -0.2) is 49.7 Å². The van der Waals surface area contributed by atoms with Crippen LogP contribution in [0.2, 0.25) is 0 Å². The SMILES string of the molecule is CCC1C(C)[C@H](n2nnc3c2CCC2C(CO)C2CC3)c2cc(C(=O)O)ccc2N1C(C)=O. The third-order valence-electron chi connectivity index (χ3n) is 8.33. The summed E-state index contributed by atoms with van der Waals surface area (Å²) in [5.74, 6) is 0.578. The van der Waals surface area contributed by atoms with Gasteiger partial charge in [-0.05, 0) is 68.1 Å². The third-order valence-corrected chi connectivity index (χ3v) is 8.33. The maximum absolute atomic E-state index is 12.7. The van der Waals surface area contributed by atoms with Crippen LogP contribution in [0.25, 0.3) is 0 Å². The van der Waals surface area contributed by atoms with Crippen molar-refractivity contribution in [2.24, 2.45) is 23.7 Å². The van der Waals surface area contributed by atoms with E-state index in [4.69, 9.17) is 0 Å². The fourth-order valence-corrected chi connectivity index (χ4v) is 6.64. The highest BCUT2D eigenvalue weighted by Gasteiger charge is 2.49. The molecule has 2 N–H and O–H groups in total. The highest BCUT2D eigenvalue weighted by Crippen LogP contribution is 2.53. The largest absolute Gasteiger partial charge is 0.478 e. The molecule has 0 spiro atoms. The number of carboxylic acids is 1. The molecule has 1 aliphatic heterocycles. The minimum Gasteiger partial charge on any atom is -0.478 e. The van der Waals surface area contributed by atoms with Crippen molar-refractivity contribution in [2.75, 3.05) is 11.5 Å². The Bertz CT molecular complexity index is 1100. The smallest absolute Gasteiger partial charge is 0.335 e. The van der Waals surface area contributed by atoms with Crippen LogP contribution in [0.4, 0.5) is 5.69 Å². The molecule has 5 unspecified atom stereocenters. The monoisotopic (exact) mass is 452 g/mol. The fourth-order valence-electron chi connectivity index (χ4n) is 6.64. The van der Waals surface area contributed by atoms with E-state index in [-0.39, 0.29) is 36.1 Å². The van der Waals surface area contributed by atoms with Gasteiger partial charge in [0.05, 0.1) is 23.0 Å². The number of carboxylic acid groups (broad SMARTS) is 1. The van der Waals surface area contributed by atoms with Gasteiger partial charge in [-0.25, -0.2) is 9.48 Å². The number of nitrogens with zero attached hydrogens (tertiary/aromatic N) is 4. The first-order chi connectivity index (χ1) is 15.9. The Morgan fingerprint density at radius 3 is 2.55 bits per heavy atom. The predicted molar refractivity (Wildman–Crippen MR) is 122 cm³/mol. The van der Waals surface area contributed by atoms with E-state index in [1.807, 2.05) is 9.58 Å². The van der Waals surface area contributed by atoms with Gasteiger partial charge in [-0.3, -0.25) is 4.79 Å². The zero-order valence-electron chi connectivity index (χ0n) is 19.4. The van der Waals surface area contributed by atoms with Crippen molar-refractivity contribution in [1.29, 1.82) is 0 Å². The number of benzene rings is 1. The molecule has 8 nitrogen and oxygen atoms in total. The molecule has 33 heavy (non-hydrogen) atoms. The van der Waals surface area contributed by atoms with E-state index in [0.717, 1.165) is 54.7 Å². The molecule has 2 aromatic rings. The molecular weight excluding hydrogens is 420 g/mol. The minimum absolute atomic E-state index is 0.0179. The Kier molecular flexibility index (Phi) is 5.51. The number of hydrogen-bond donors (Lipinski definition) is 2. The number of amides is 1. The maximum Gasteiger partial charge on any atom is 0.335 e.